The zero-order valence-electron chi connectivity index (χ0n) is 14.3. The van der Waals surface area contributed by atoms with E-state index >= 15 is 0 Å². The molecule has 4 aromatic rings. The fourth-order valence-electron chi connectivity index (χ4n) is 3.25. The highest BCUT2D eigenvalue weighted by Crippen LogP contribution is 2.33. The molecule has 0 fully saturated rings. The second-order valence-corrected chi connectivity index (χ2v) is 6.44. The topological polar surface area (TPSA) is 16.8 Å². The van der Waals surface area contributed by atoms with Crippen LogP contribution in [0.4, 0.5) is 13.2 Å². The Morgan fingerprint density at radius 2 is 1.62 bits per heavy atom. The van der Waals surface area contributed by atoms with Gasteiger partial charge in [0, 0.05) is 16.6 Å². The van der Waals surface area contributed by atoms with Crippen molar-refractivity contribution in [2.75, 3.05) is 0 Å². The second-order valence-electron chi connectivity index (χ2n) is 6.44. The molecule has 0 N–H and O–H groups in total. The number of nitrogens with zero attached hydrogens (tertiary/aromatic N) is 2. The van der Waals surface area contributed by atoms with Gasteiger partial charge in [-0.25, -0.2) is 0 Å². The van der Waals surface area contributed by atoms with Crippen LogP contribution in [0.25, 0.3) is 32.9 Å². The molecule has 0 aliphatic rings. The maximum absolute atomic E-state index is 13.0. The number of hydrogen-bond donors (Lipinski definition) is 0. The zero-order chi connectivity index (χ0) is 18.5. The van der Waals surface area contributed by atoms with E-state index in [1.54, 1.807) is 10.7 Å². The molecule has 0 atom stereocenters. The molecule has 0 saturated carbocycles. The second kappa shape index (κ2) is 5.80. The summed E-state index contributed by atoms with van der Waals surface area (Å²) in [4.78, 5) is 0. The van der Waals surface area contributed by atoms with E-state index in [9.17, 15) is 13.2 Å². The molecule has 2 nitrogen and oxygen atoms in total. The van der Waals surface area contributed by atoms with E-state index in [2.05, 4.69) is 5.10 Å². The molecular formula is C21H16F3N2+. The summed E-state index contributed by atoms with van der Waals surface area (Å²) in [5.41, 5.74) is 3.19. The molecule has 0 aliphatic carbocycles. The summed E-state index contributed by atoms with van der Waals surface area (Å²) in [6, 6.07) is 17.5. The average molecular weight is 353 g/mol. The molecule has 0 spiro atoms. The van der Waals surface area contributed by atoms with E-state index in [1.165, 1.54) is 12.1 Å². The molecule has 0 radical (unpaired) electrons. The number of fused-ring (bicyclic) bond motifs is 2. The first-order chi connectivity index (χ1) is 12.3. The van der Waals surface area contributed by atoms with Crippen LogP contribution in [0.5, 0.6) is 0 Å². The molecule has 4 rings (SSSR count). The molecule has 3 aromatic carbocycles. The first kappa shape index (κ1) is 16.5. The maximum atomic E-state index is 13.0. The number of halogens is 3. The van der Waals surface area contributed by atoms with Crippen LogP contribution in [0.15, 0.2) is 60.7 Å². The lowest BCUT2D eigenvalue weighted by Gasteiger charge is -2.09. The monoisotopic (exact) mass is 353 g/mol. The number of alkyl halides is 3. The molecule has 0 saturated heterocycles. The van der Waals surface area contributed by atoms with Gasteiger partial charge >= 0.3 is 6.18 Å². The lowest BCUT2D eigenvalue weighted by molar-refractivity contribution is -0.717. The number of aromatic nitrogens is 2. The van der Waals surface area contributed by atoms with E-state index in [4.69, 9.17) is 0 Å². The fraction of sp³-hybridized carbons (Fsp3) is 0.143. The maximum Gasteiger partial charge on any atom is 0.416 e. The summed E-state index contributed by atoms with van der Waals surface area (Å²) in [5.74, 6) is 0. The van der Waals surface area contributed by atoms with E-state index in [1.807, 2.05) is 50.4 Å². The Morgan fingerprint density at radius 3 is 2.35 bits per heavy atom. The van der Waals surface area contributed by atoms with Crippen LogP contribution in [-0.4, -0.2) is 5.10 Å². The van der Waals surface area contributed by atoms with Crippen molar-refractivity contribution in [1.29, 1.82) is 0 Å². The third-order valence-corrected chi connectivity index (χ3v) is 4.63. The number of rotatable bonds is 1. The highest BCUT2D eigenvalue weighted by atomic mass is 19.4. The molecule has 1 aromatic heterocycles. The van der Waals surface area contributed by atoms with Gasteiger partial charge in [0.05, 0.1) is 11.1 Å². The molecule has 26 heavy (non-hydrogen) atoms. The first-order valence-electron chi connectivity index (χ1n) is 8.21. The molecule has 5 heteroatoms. The van der Waals surface area contributed by atoms with Crippen molar-refractivity contribution >= 4 is 21.7 Å². The van der Waals surface area contributed by atoms with Gasteiger partial charge < -0.3 is 0 Å². The van der Waals surface area contributed by atoms with Crippen molar-refractivity contribution in [2.45, 2.75) is 13.1 Å². The SMILES string of the molecule is Cc1ccccc1-c1cc2cc3ccc(C(F)(F)F)cc3cc2n[n+]1C. The Hall–Kier alpha value is -2.95. The van der Waals surface area contributed by atoms with Gasteiger partial charge in [-0.05, 0) is 53.6 Å². The normalized spacial score (nSPS) is 12.0. The van der Waals surface area contributed by atoms with Crippen molar-refractivity contribution in [3.8, 4) is 11.3 Å². The predicted octanol–water partition coefficient (Wildman–Crippen LogP) is 5.21. The summed E-state index contributed by atoms with van der Waals surface area (Å²) in [6.45, 7) is 2.04. The summed E-state index contributed by atoms with van der Waals surface area (Å²) in [6.07, 6.45) is -4.35. The van der Waals surface area contributed by atoms with E-state index in [0.29, 0.717) is 10.9 Å². The Morgan fingerprint density at radius 1 is 0.846 bits per heavy atom. The highest BCUT2D eigenvalue weighted by molar-refractivity contribution is 5.97. The predicted molar refractivity (Wildman–Crippen MR) is 95.6 cm³/mol. The Balaban J connectivity index is 1.94. The van der Waals surface area contributed by atoms with Crippen LogP contribution < -0.4 is 4.68 Å². The van der Waals surface area contributed by atoms with Gasteiger partial charge in [0.1, 0.15) is 5.52 Å². The summed E-state index contributed by atoms with van der Waals surface area (Å²) >= 11 is 0. The number of aryl methyl sites for hydroxylation is 2. The summed E-state index contributed by atoms with van der Waals surface area (Å²) < 4.78 is 40.6. The first-order valence-corrected chi connectivity index (χ1v) is 8.21. The molecule has 1 heterocycles. The van der Waals surface area contributed by atoms with Crippen LogP contribution in [0.2, 0.25) is 0 Å². The smallest absolute Gasteiger partial charge is 0.166 e. The van der Waals surface area contributed by atoms with Gasteiger partial charge in [-0.2, -0.15) is 13.2 Å². The summed E-state index contributed by atoms with van der Waals surface area (Å²) in [7, 11) is 1.84. The third-order valence-electron chi connectivity index (χ3n) is 4.63. The van der Waals surface area contributed by atoms with Crippen molar-refractivity contribution in [2.24, 2.45) is 7.05 Å². The Labute approximate surface area is 148 Å². The van der Waals surface area contributed by atoms with Crippen molar-refractivity contribution in [3.63, 3.8) is 0 Å². The van der Waals surface area contributed by atoms with E-state index < -0.39 is 11.7 Å². The molecule has 0 amide bonds. The molecular weight excluding hydrogens is 337 g/mol. The molecule has 0 aliphatic heterocycles. The minimum atomic E-state index is -4.35. The van der Waals surface area contributed by atoms with Crippen molar-refractivity contribution in [3.05, 3.63) is 71.8 Å². The van der Waals surface area contributed by atoms with Crippen LogP contribution in [0, 0.1) is 6.92 Å². The summed E-state index contributed by atoms with van der Waals surface area (Å²) in [5, 5.41) is 6.76. The highest BCUT2D eigenvalue weighted by Gasteiger charge is 2.30. The number of benzene rings is 3. The largest absolute Gasteiger partial charge is 0.416 e. The molecule has 0 unspecified atom stereocenters. The van der Waals surface area contributed by atoms with E-state index in [-0.39, 0.29) is 0 Å². The van der Waals surface area contributed by atoms with Gasteiger partial charge in [0.25, 0.3) is 0 Å². The quantitative estimate of drug-likeness (QED) is 0.339. The molecule has 0 bridgehead atoms. The van der Waals surface area contributed by atoms with Crippen molar-refractivity contribution in [1.82, 2.24) is 5.10 Å². The third kappa shape index (κ3) is 2.79. The van der Waals surface area contributed by atoms with Gasteiger partial charge in [-0.15, -0.1) is 0 Å². The van der Waals surface area contributed by atoms with Gasteiger partial charge in [0.15, 0.2) is 7.05 Å². The number of hydrogen-bond acceptors (Lipinski definition) is 1. The Kier molecular flexibility index (Phi) is 3.68. The van der Waals surface area contributed by atoms with Crippen LogP contribution in [-0.2, 0) is 13.2 Å². The molecule has 130 valence electrons. The fourth-order valence-corrected chi connectivity index (χ4v) is 3.25. The minimum Gasteiger partial charge on any atom is -0.166 e. The zero-order valence-corrected chi connectivity index (χ0v) is 14.3. The Bertz CT molecular complexity index is 1150. The standard InChI is InChI=1S/C21H16F3N2/c1-13-5-3-4-6-18(13)20-12-16-9-14-7-8-17(21(22,23)24)10-15(14)11-19(16)25-26(20)2/h3-12H,1-2H3/q+1. The lowest BCUT2D eigenvalue weighted by atomic mass is 10.0. The van der Waals surface area contributed by atoms with Gasteiger partial charge in [0.2, 0.25) is 5.69 Å². The van der Waals surface area contributed by atoms with E-state index in [0.717, 1.165) is 33.7 Å². The van der Waals surface area contributed by atoms with Gasteiger partial charge in [-0.3, -0.25) is 0 Å². The van der Waals surface area contributed by atoms with Gasteiger partial charge in [-0.1, -0.05) is 28.9 Å². The van der Waals surface area contributed by atoms with Crippen molar-refractivity contribution < 1.29 is 17.9 Å². The minimum absolute atomic E-state index is 0.531. The van der Waals surface area contributed by atoms with Crippen LogP contribution in [0.1, 0.15) is 11.1 Å². The lowest BCUT2D eigenvalue weighted by Crippen LogP contribution is -2.35. The average Bonchev–Trinajstić information content (AvgIpc) is 2.59. The van der Waals surface area contributed by atoms with Crippen LogP contribution >= 0.6 is 0 Å². The van der Waals surface area contributed by atoms with Crippen LogP contribution in [0.3, 0.4) is 0 Å².